The molecule has 0 spiro atoms. The molecule has 2 aliphatic heterocycles. The molecule has 4 heteroatoms. The number of hydrogen-bond donors (Lipinski definition) is 0. The fourth-order valence-corrected chi connectivity index (χ4v) is 3.55. The molecule has 0 aliphatic carbocycles. The molecule has 2 aliphatic rings. The van der Waals surface area contributed by atoms with Gasteiger partial charge in [0.1, 0.15) is 11.4 Å². The minimum atomic E-state index is -0.364. The first-order chi connectivity index (χ1) is 11.6. The van der Waals surface area contributed by atoms with Gasteiger partial charge in [-0.05, 0) is 58.6 Å². The molecule has 2 heterocycles. The molecule has 130 valence electrons. The predicted octanol–water partition coefficient (Wildman–Crippen LogP) is 4.28. The van der Waals surface area contributed by atoms with Crippen molar-refractivity contribution in [1.29, 1.82) is 0 Å². The van der Waals surface area contributed by atoms with E-state index in [0.29, 0.717) is 0 Å². The maximum atomic E-state index is 6.26. The van der Waals surface area contributed by atoms with E-state index in [2.05, 4.69) is 71.9 Å². The van der Waals surface area contributed by atoms with Crippen molar-refractivity contribution in [2.75, 3.05) is 0 Å². The molecule has 3 nitrogen and oxygen atoms in total. The molecule has 1 saturated heterocycles. The first-order valence-electron chi connectivity index (χ1n) is 8.89. The fraction of sp³-hybridized carbons (Fsp3) is 0.429. The van der Waals surface area contributed by atoms with Gasteiger partial charge in [-0.3, -0.25) is 0 Å². The molecule has 0 N–H and O–H groups in total. The second-order valence-corrected chi connectivity index (χ2v) is 8.50. The van der Waals surface area contributed by atoms with Crippen molar-refractivity contribution in [2.24, 2.45) is 0 Å². The summed E-state index contributed by atoms with van der Waals surface area (Å²) in [5.41, 5.74) is 3.52. The van der Waals surface area contributed by atoms with Gasteiger partial charge >= 0.3 is 7.12 Å². The van der Waals surface area contributed by atoms with Crippen molar-refractivity contribution in [3.05, 3.63) is 48.0 Å². The van der Waals surface area contributed by atoms with Gasteiger partial charge in [0.05, 0.1) is 11.2 Å². The molecule has 1 fully saturated rings. The fourth-order valence-electron chi connectivity index (χ4n) is 3.55. The number of rotatable bonds is 1. The Hall–Kier alpha value is -1.78. The highest BCUT2D eigenvalue weighted by molar-refractivity contribution is 6.62. The van der Waals surface area contributed by atoms with E-state index in [1.54, 1.807) is 0 Å². The third kappa shape index (κ3) is 2.51. The molecule has 2 aromatic rings. The highest BCUT2D eigenvalue weighted by Crippen LogP contribution is 2.45. The van der Waals surface area contributed by atoms with Crippen molar-refractivity contribution in [3.8, 4) is 16.9 Å². The zero-order valence-electron chi connectivity index (χ0n) is 15.8. The van der Waals surface area contributed by atoms with Gasteiger partial charge in [0.2, 0.25) is 0 Å². The van der Waals surface area contributed by atoms with Crippen LogP contribution in [0.25, 0.3) is 11.1 Å². The summed E-state index contributed by atoms with van der Waals surface area (Å²) >= 11 is 0. The monoisotopic (exact) mass is 336 g/mol. The van der Waals surface area contributed by atoms with Crippen molar-refractivity contribution < 1.29 is 14.0 Å². The van der Waals surface area contributed by atoms with E-state index in [9.17, 15) is 0 Å². The van der Waals surface area contributed by atoms with Crippen molar-refractivity contribution in [3.63, 3.8) is 0 Å². The summed E-state index contributed by atoms with van der Waals surface area (Å²) in [5.74, 6) is 0.906. The highest BCUT2D eigenvalue weighted by atomic mass is 16.7. The van der Waals surface area contributed by atoms with Crippen LogP contribution in [0.4, 0.5) is 0 Å². The van der Waals surface area contributed by atoms with Gasteiger partial charge in [0.15, 0.2) is 0 Å². The molecular formula is C21H25BO3. The van der Waals surface area contributed by atoms with Gasteiger partial charge < -0.3 is 14.0 Å². The van der Waals surface area contributed by atoms with Crippen LogP contribution in [0.1, 0.15) is 47.1 Å². The molecule has 25 heavy (non-hydrogen) atoms. The third-order valence-corrected chi connectivity index (χ3v) is 5.76. The summed E-state index contributed by atoms with van der Waals surface area (Å²) in [6.07, 6.45) is 0. The first kappa shape index (κ1) is 16.7. The van der Waals surface area contributed by atoms with Crippen LogP contribution < -0.4 is 10.2 Å². The topological polar surface area (TPSA) is 27.7 Å². The van der Waals surface area contributed by atoms with E-state index in [0.717, 1.165) is 16.8 Å². The molecule has 0 bridgehead atoms. The van der Waals surface area contributed by atoms with E-state index in [4.69, 9.17) is 14.0 Å². The number of fused-ring (bicyclic) bond motifs is 3. The largest absolute Gasteiger partial charge is 0.494 e. The quantitative estimate of drug-likeness (QED) is 0.728. The SMILES string of the molecule is CC1(C)Oc2ccc(B3OC(C)(C)C(C)(C)O3)cc2-c2ccccc21. The summed E-state index contributed by atoms with van der Waals surface area (Å²) in [6, 6.07) is 14.7. The molecule has 2 aromatic carbocycles. The van der Waals surface area contributed by atoms with Gasteiger partial charge in [0.25, 0.3) is 0 Å². The second-order valence-electron chi connectivity index (χ2n) is 8.50. The van der Waals surface area contributed by atoms with Gasteiger partial charge in [-0.25, -0.2) is 0 Å². The summed E-state index contributed by atoms with van der Waals surface area (Å²) < 4.78 is 18.7. The summed E-state index contributed by atoms with van der Waals surface area (Å²) in [5, 5.41) is 0. The molecular weight excluding hydrogens is 311 g/mol. The maximum Gasteiger partial charge on any atom is 0.494 e. The Morgan fingerprint density at radius 2 is 1.40 bits per heavy atom. The Kier molecular flexibility index (Phi) is 3.42. The Labute approximate surface area is 150 Å². The molecule has 0 radical (unpaired) electrons. The van der Waals surface area contributed by atoms with Crippen LogP contribution in [0.15, 0.2) is 42.5 Å². The predicted molar refractivity (Wildman–Crippen MR) is 101 cm³/mol. The Morgan fingerprint density at radius 3 is 2.08 bits per heavy atom. The number of benzene rings is 2. The van der Waals surface area contributed by atoms with E-state index >= 15 is 0 Å². The lowest BCUT2D eigenvalue weighted by Gasteiger charge is -2.35. The molecule has 4 rings (SSSR count). The Balaban J connectivity index is 1.78. The standard InChI is InChI=1S/C21H25BO3/c1-19(2)17-10-8-7-9-15(17)16-13-14(11-12-18(16)23-19)22-24-20(3,4)21(5,6)25-22/h7-13H,1-6H3. The van der Waals surface area contributed by atoms with Gasteiger partial charge in [0, 0.05) is 11.1 Å². The van der Waals surface area contributed by atoms with Crippen LogP contribution in [0, 0.1) is 0 Å². The van der Waals surface area contributed by atoms with Crippen LogP contribution in [0.5, 0.6) is 5.75 Å². The molecule has 0 saturated carbocycles. The van der Waals surface area contributed by atoms with E-state index in [1.807, 2.05) is 12.1 Å². The Morgan fingerprint density at radius 1 is 0.760 bits per heavy atom. The zero-order valence-corrected chi connectivity index (χ0v) is 15.8. The summed E-state index contributed by atoms with van der Waals surface area (Å²) in [6.45, 7) is 12.5. The van der Waals surface area contributed by atoms with Gasteiger partial charge in [-0.2, -0.15) is 0 Å². The zero-order chi connectivity index (χ0) is 18.0. The average molecular weight is 336 g/mol. The average Bonchev–Trinajstić information content (AvgIpc) is 2.75. The number of ether oxygens (including phenoxy) is 1. The van der Waals surface area contributed by atoms with E-state index in [1.165, 1.54) is 11.1 Å². The third-order valence-electron chi connectivity index (χ3n) is 5.76. The van der Waals surface area contributed by atoms with E-state index in [-0.39, 0.29) is 23.9 Å². The van der Waals surface area contributed by atoms with Crippen LogP contribution >= 0.6 is 0 Å². The lowest BCUT2D eigenvalue weighted by molar-refractivity contribution is 0.00578. The minimum absolute atomic E-state index is 0.338. The lowest BCUT2D eigenvalue weighted by Crippen LogP contribution is -2.41. The lowest BCUT2D eigenvalue weighted by atomic mass is 9.76. The van der Waals surface area contributed by atoms with Crippen molar-refractivity contribution >= 4 is 12.6 Å². The van der Waals surface area contributed by atoms with Crippen LogP contribution in [0.3, 0.4) is 0 Å². The van der Waals surface area contributed by atoms with Crippen LogP contribution in [-0.2, 0) is 14.9 Å². The normalized spacial score (nSPS) is 22.1. The minimum Gasteiger partial charge on any atom is -0.482 e. The van der Waals surface area contributed by atoms with Crippen LogP contribution in [0.2, 0.25) is 0 Å². The highest BCUT2D eigenvalue weighted by Gasteiger charge is 2.51. The molecule has 0 amide bonds. The van der Waals surface area contributed by atoms with Gasteiger partial charge in [-0.1, -0.05) is 36.4 Å². The first-order valence-corrected chi connectivity index (χ1v) is 8.89. The molecule has 0 aromatic heterocycles. The summed E-state index contributed by atoms with van der Waals surface area (Å²) in [4.78, 5) is 0. The van der Waals surface area contributed by atoms with Crippen LogP contribution in [-0.4, -0.2) is 18.3 Å². The van der Waals surface area contributed by atoms with Crippen molar-refractivity contribution in [2.45, 2.75) is 58.3 Å². The van der Waals surface area contributed by atoms with Crippen molar-refractivity contribution in [1.82, 2.24) is 0 Å². The maximum absolute atomic E-state index is 6.26. The number of hydrogen-bond acceptors (Lipinski definition) is 3. The van der Waals surface area contributed by atoms with Gasteiger partial charge in [-0.15, -0.1) is 0 Å². The van der Waals surface area contributed by atoms with E-state index < -0.39 is 0 Å². The smallest absolute Gasteiger partial charge is 0.482 e. The second kappa shape index (κ2) is 5.12. The summed E-state index contributed by atoms with van der Waals surface area (Å²) in [7, 11) is -0.364. The molecule has 0 unspecified atom stereocenters. The Bertz CT molecular complexity index is 823. The molecule has 0 atom stereocenters.